The Morgan fingerprint density at radius 2 is 1.83 bits per heavy atom. The van der Waals surface area contributed by atoms with Crippen molar-refractivity contribution in [1.82, 2.24) is 5.32 Å². The van der Waals surface area contributed by atoms with E-state index in [0.29, 0.717) is 0 Å². The van der Waals surface area contributed by atoms with E-state index in [1.807, 2.05) is 6.08 Å². The third-order valence-corrected chi connectivity index (χ3v) is 2.33. The number of urea groups is 1. The van der Waals surface area contributed by atoms with E-state index in [1.54, 1.807) is 37.5 Å². The lowest BCUT2D eigenvalue weighted by molar-refractivity contribution is 0.250. The lowest BCUT2D eigenvalue weighted by Crippen LogP contribution is -2.34. The molecule has 0 radical (unpaired) electrons. The van der Waals surface area contributed by atoms with Crippen LogP contribution in [0.3, 0.4) is 0 Å². The van der Waals surface area contributed by atoms with Gasteiger partial charge in [0.05, 0.1) is 0 Å². The average molecular weight is 248 g/mol. The summed E-state index contributed by atoms with van der Waals surface area (Å²) in [7, 11) is 1.67. The van der Waals surface area contributed by atoms with Crippen molar-refractivity contribution < 1.29 is 9.90 Å². The largest absolute Gasteiger partial charge is 0.508 e. The minimum absolute atomic E-state index is 0.0321. The molecule has 0 aromatic heterocycles. The molecule has 0 aliphatic rings. The molecule has 1 aromatic rings. The molecule has 0 aliphatic carbocycles. The Morgan fingerprint density at radius 1 is 1.28 bits per heavy atom. The summed E-state index contributed by atoms with van der Waals surface area (Å²) in [6.07, 6.45) is 3.58. The maximum Gasteiger partial charge on any atom is 0.325 e. The Bertz CT molecular complexity index is 430. The molecule has 1 aromatic carbocycles. The number of carbonyl (C=O) groups is 1. The molecule has 1 rings (SSSR count). The van der Waals surface area contributed by atoms with Gasteiger partial charge >= 0.3 is 6.03 Å². The van der Waals surface area contributed by atoms with Crippen LogP contribution in [0.4, 0.5) is 10.5 Å². The van der Waals surface area contributed by atoms with Crippen LogP contribution in [0.2, 0.25) is 0 Å². The SMILES string of the molecule is CN(C(=O)N/C=C/C(C)(C)C)c1ccc(O)cc1. The molecule has 4 nitrogen and oxygen atoms in total. The zero-order valence-electron chi connectivity index (χ0n) is 11.3. The van der Waals surface area contributed by atoms with Crippen LogP contribution in [0, 0.1) is 5.41 Å². The molecule has 2 amide bonds. The van der Waals surface area contributed by atoms with Gasteiger partial charge in [-0.1, -0.05) is 26.8 Å². The molecule has 0 spiro atoms. The first kappa shape index (κ1) is 14.1. The van der Waals surface area contributed by atoms with Gasteiger partial charge in [0, 0.05) is 18.9 Å². The van der Waals surface area contributed by atoms with Gasteiger partial charge in [0.25, 0.3) is 0 Å². The molecule has 0 saturated heterocycles. The fourth-order valence-corrected chi connectivity index (χ4v) is 1.25. The van der Waals surface area contributed by atoms with E-state index in [1.165, 1.54) is 4.90 Å². The highest BCUT2D eigenvalue weighted by atomic mass is 16.3. The van der Waals surface area contributed by atoms with E-state index in [9.17, 15) is 9.90 Å². The molecule has 4 heteroatoms. The van der Waals surface area contributed by atoms with Crippen molar-refractivity contribution in [2.75, 3.05) is 11.9 Å². The Labute approximate surface area is 108 Å². The number of phenolic OH excluding ortho intramolecular Hbond substituents is 1. The first-order valence-electron chi connectivity index (χ1n) is 5.80. The molecule has 18 heavy (non-hydrogen) atoms. The highest BCUT2D eigenvalue weighted by Crippen LogP contribution is 2.17. The quantitative estimate of drug-likeness (QED) is 0.845. The summed E-state index contributed by atoms with van der Waals surface area (Å²) >= 11 is 0. The number of amides is 2. The summed E-state index contributed by atoms with van der Waals surface area (Å²) in [5.74, 6) is 0.181. The van der Waals surface area contributed by atoms with Crippen LogP contribution in [0.15, 0.2) is 36.5 Å². The van der Waals surface area contributed by atoms with E-state index < -0.39 is 0 Å². The number of nitrogens with one attached hydrogen (secondary N) is 1. The molecular weight excluding hydrogens is 228 g/mol. The Morgan fingerprint density at radius 3 is 2.33 bits per heavy atom. The van der Waals surface area contributed by atoms with Crippen molar-refractivity contribution in [2.45, 2.75) is 20.8 Å². The molecule has 0 fully saturated rings. The van der Waals surface area contributed by atoms with Crippen LogP contribution in [-0.2, 0) is 0 Å². The number of hydrogen-bond donors (Lipinski definition) is 2. The summed E-state index contributed by atoms with van der Waals surface area (Å²) < 4.78 is 0. The zero-order valence-corrected chi connectivity index (χ0v) is 11.3. The summed E-state index contributed by atoms with van der Waals surface area (Å²) in [5.41, 5.74) is 0.749. The Hall–Kier alpha value is -1.97. The molecular formula is C14H20N2O2. The lowest BCUT2D eigenvalue weighted by Gasteiger charge is -2.17. The molecule has 0 bridgehead atoms. The van der Waals surface area contributed by atoms with E-state index in [2.05, 4.69) is 26.1 Å². The van der Waals surface area contributed by atoms with E-state index in [0.717, 1.165) is 5.69 Å². The maximum atomic E-state index is 11.8. The third-order valence-electron chi connectivity index (χ3n) is 2.33. The predicted octanol–water partition coefficient (Wildman–Crippen LogP) is 3.10. The second kappa shape index (κ2) is 5.58. The van der Waals surface area contributed by atoms with Crippen LogP contribution in [-0.4, -0.2) is 18.2 Å². The summed E-state index contributed by atoms with van der Waals surface area (Å²) in [6.45, 7) is 6.16. The number of anilines is 1. The molecule has 2 N–H and O–H groups in total. The first-order valence-corrected chi connectivity index (χ1v) is 5.80. The van der Waals surface area contributed by atoms with Gasteiger partial charge in [-0.25, -0.2) is 4.79 Å². The van der Waals surface area contributed by atoms with Crippen molar-refractivity contribution in [3.8, 4) is 5.75 Å². The number of rotatable bonds is 2. The standard InChI is InChI=1S/C14H20N2O2/c1-14(2,3)9-10-15-13(18)16(4)11-5-7-12(17)8-6-11/h5-10,17H,1-4H3,(H,15,18)/b10-9+. The number of phenols is 1. The highest BCUT2D eigenvalue weighted by Gasteiger charge is 2.09. The molecule has 0 atom stereocenters. The number of nitrogens with zero attached hydrogens (tertiary/aromatic N) is 1. The number of allylic oxidation sites excluding steroid dienone is 1. The van der Waals surface area contributed by atoms with Gasteiger partial charge in [0.15, 0.2) is 0 Å². The van der Waals surface area contributed by atoms with Gasteiger partial charge in [0.2, 0.25) is 0 Å². The van der Waals surface area contributed by atoms with Crippen molar-refractivity contribution in [3.63, 3.8) is 0 Å². The fourth-order valence-electron chi connectivity index (χ4n) is 1.25. The van der Waals surface area contributed by atoms with Crippen LogP contribution in [0.1, 0.15) is 20.8 Å². The highest BCUT2D eigenvalue weighted by molar-refractivity contribution is 5.91. The maximum absolute atomic E-state index is 11.8. The smallest absolute Gasteiger partial charge is 0.325 e. The van der Waals surface area contributed by atoms with Crippen molar-refractivity contribution >= 4 is 11.7 Å². The normalized spacial score (nSPS) is 11.6. The third kappa shape index (κ3) is 4.49. The Kier molecular flexibility index (Phi) is 4.37. The molecule has 98 valence electrons. The summed E-state index contributed by atoms with van der Waals surface area (Å²) in [6, 6.07) is 6.24. The molecule has 0 unspecified atom stereocenters. The van der Waals surface area contributed by atoms with Gasteiger partial charge in [-0.3, -0.25) is 4.90 Å². The van der Waals surface area contributed by atoms with E-state index >= 15 is 0 Å². The minimum atomic E-state index is -0.221. The van der Waals surface area contributed by atoms with Crippen LogP contribution < -0.4 is 10.2 Å². The molecule has 0 heterocycles. The first-order chi connectivity index (χ1) is 8.29. The minimum Gasteiger partial charge on any atom is -0.508 e. The Balaban J connectivity index is 2.62. The van der Waals surface area contributed by atoms with Gasteiger partial charge < -0.3 is 10.4 Å². The van der Waals surface area contributed by atoms with Crippen LogP contribution in [0.25, 0.3) is 0 Å². The van der Waals surface area contributed by atoms with Gasteiger partial charge in [0.1, 0.15) is 5.75 Å². The molecule has 0 saturated carbocycles. The fraction of sp³-hybridized carbons (Fsp3) is 0.357. The topological polar surface area (TPSA) is 52.6 Å². The second-order valence-corrected chi connectivity index (χ2v) is 5.22. The number of hydrogen-bond acceptors (Lipinski definition) is 2. The van der Waals surface area contributed by atoms with Crippen LogP contribution >= 0.6 is 0 Å². The van der Waals surface area contributed by atoms with Crippen LogP contribution in [0.5, 0.6) is 5.75 Å². The van der Waals surface area contributed by atoms with Crippen molar-refractivity contribution in [2.24, 2.45) is 5.41 Å². The lowest BCUT2D eigenvalue weighted by atomic mass is 9.97. The molecule has 0 aliphatic heterocycles. The number of benzene rings is 1. The number of aromatic hydroxyl groups is 1. The second-order valence-electron chi connectivity index (χ2n) is 5.22. The van der Waals surface area contributed by atoms with Gasteiger partial charge in [-0.15, -0.1) is 0 Å². The monoisotopic (exact) mass is 248 g/mol. The summed E-state index contributed by atoms with van der Waals surface area (Å²) in [5, 5.41) is 11.9. The van der Waals surface area contributed by atoms with E-state index in [4.69, 9.17) is 0 Å². The van der Waals surface area contributed by atoms with Crippen molar-refractivity contribution in [3.05, 3.63) is 36.5 Å². The number of carbonyl (C=O) groups excluding carboxylic acids is 1. The zero-order chi connectivity index (χ0) is 13.8. The van der Waals surface area contributed by atoms with E-state index in [-0.39, 0.29) is 17.2 Å². The predicted molar refractivity (Wildman–Crippen MR) is 73.6 cm³/mol. The van der Waals surface area contributed by atoms with Gasteiger partial charge in [-0.2, -0.15) is 0 Å². The summed E-state index contributed by atoms with van der Waals surface area (Å²) in [4.78, 5) is 13.3. The average Bonchev–Trinajstić information content (AvgIpc) is 2.27. The van der Waals surface area contributed by atoms with Gasteiger partial charge in [-0.05, 0) is 29.7 Å². The van der Waals surface area contributed by atoms with Crippen molar-refractivity contribution in [1.29, 1.82) is 0 Å².